The summed E-state index contributed by atoms with van der Waals surface area (Å²) in [5, 5.41) is 9.08. The molecule has 0 aliphatic rings. The molecule has 0 aliphatic heterocycles. The van der Waals surface area contributed by atoms with Gasteiger partial charge in [-0.25, -0.2) is 9.78 Å². The van der Waals surface area contributed by atoms with Gasteiger partial charge in [0, 0.05) is 7.05 Å². The van der Waals surface area contributed by atoms with Gasteiger partial charge >= 0.3 is 5.97 Å². The Morgan fingerprint density at radius 1 is 1.56 bits per heavy atom. The lowest BCUT2D eigenvalue weighted by Crippen LogP contribution is -2.06. The van der Waals surface area contributed by atoms with Crippen LogP contribution in [0.25, 0.3) is 0 Å². The van der Waals surface area contributed by atoms with Gasteiger partial charge in [-0.3, -0.25) is 0 Å². The van der Waals surface area contributed by atoms with Crippen molar-refractivity contribution in [2.75, 3.05) is 0 Å². The van der Waals surface area contributed by atoms with Crippen LogP contribution in [-0.4, -0.2) is 20.6 Å². The first-order chi connectivity index (χ1) is 8.59. The summed E-state index contributed by atoms with van der Waals surface area (Å²) in [7, 11) is 1.85. The fourth-order valence-corrected chi connectivity index (χ4v) is 1.97. The largest absolute Gasteiger partial charge is 0.485 e. The molecule has 0 saturated carbocycles. The van der Waals surface area contributed by atoms with Crippen LogP contribution in [0.1, 0.15) is 16.1 Å². The Balaban J connectivity index is 2.24. The van der Waals surface area contributed by atoms with Crippen LogP contribution in [0.15, 0.2) is 35.2 Å². The first-order valence-electron chi connectivity index (χ1n) is 5.19. The Kier molecular flexibility index (Phi) is 3.66. The van der Waals surface area contributed by atoms with Crippen LogP contribution in [0.5, 0.6) is 5.75 Å². The van der Waals surface area contributed by atoms with Gasteiger partial charge in [-0.05, 0) is 28.1 Å². The van der Waals surface area contributed by atoms with Crippen molar-refractivity contribution in [3.8, 4) is 5.75 Å². The monoisotopic (exact) mass is 310 g/mol. The number of imidazole rings is 1. The maximum absolute atomic E-state index is 11.1. The second kappa shape index (κ2) is 5.22. The molecule has 0 saturated heterocycles. The van der Waals surface area contributed by atoms with E-state index in [9.17, 15) is 4.79 Å². The van der Waals surface area contributed by atoms with Crippen LogP contribution in [0.3, 0.4) is 0 Å². The number of carboxylic acid groups (broad SMARTS) is 1. The molecule has 0 aliphatic carbocycles. The number of aryl methyl sites for hydroxylation is 1. The molecular weight excluding hydrogens is 300 g/mol. The van der Waals surface area contributed by atoms with Crippen molar-refractivity contribution in [2.45, 2.75) is 6.61 Å². The first kappa shape index (κ1) is 12.6. The maximum atomic E-state index is 11.1. The van der Waals surface area contributed by atoms with Crippen LogP contribution >= 0.6 is 15.9 Å². The van der Waals surface area contributed by atoms with Crippen molar-refractivity contribution in [2.24, 2.45) is 7.05 Å². The second-order valence-corrected chi connectivity index (χ2v) is 4.56. The van der Waals surface area contributed by atoms with E-state index in [1.165, 1.54) is 6.07 Å². The predicted octanol–water partition coefficient (Wildman–Crippen LogP) is 2.46. The van der Waals surface area contributed by atoms with E-state index in [1.54, 1.807) is 24.7 Å². The van der Waals surface area contributed by atoms with E-state index in [0.717, 1.165) is 5.69 Å². The number of aromatic nitrogens is 2. The van der Waals surface area contributed by atoms with Gasteiger partial charge in [-0.2, -0.15) is 0 Å². The highest BCUT2D eigenvalue weighted by Crippen LogP contribution is 2.29. The molecule has 2 aromatic rings. The van der Waals surface area contributed by atoms with Gasteiger partial charge in [0.2, 0.25) is 0 Å². The third kappa shape index (κ3) is 2.53. The van der Waals surface area contributed by atoms with Gasteiger partial charge in [0.05, 0.1) is 22.7 Å². The molecule has 1 aromatic carbocycles. The number of aromatic carboxylic acids is 1. The lowest BCUT2D eigenvalue weighted by Gasteiger charge is -2.11. The molecule has 0 fully saturated rings. The standard InChI is InChI=1S/C12H11BrN2O3/c1-15-7-14-5-8(15)6-18-11-9(12(16)17)3-2-4-10(11)13/h2-5,7H,6H2,1H3,(H,16,17). The molecule has 0 amide bonds. The summed E-state index contributed by atoms with van der Waals surface area (Å²) in [6, 6.07) is 4.90. The van der Waals surface area contributed by atoms with E-state index in [1.807, 2.05) is 11.6 Å². The van der Waals surface area contributed by atoms with Crippen molar-refractivity contribution < 1.29 is 14.6 Å². The van der Waals surface area contributed by atoms with E-state index < -0.39 is 5.97 Å². The lowest BCUT2D eigenvalue weighted by molar-refractivity contribution is 0.0691. The third-order valence-electron chi connectivity index (χ3n) is 2.48. The van der Waals surface area contributed by atoms with Gasteiger partial charge in [0.15, 0.2) is 0 Å². The van der Waals surface area contributed by atoms with Crippen LogP contribution in [0.2, 0.25) is 0 Å². The number of carbonyl (C=O) groups is 1. The predicted molar refractivity (Wildman–Crippen MR) is 68.6 cm³/mol. The average Bonchev–Trinajstić information content (AvgIpc) is 2.73. The highest BCUT2D eigenvalue weighted by atomic mass is 79.9. The van der Waals surface area contributed by atoms with E-state index in [0.29, 0.717) is 10.2 Å². The average molecular weight is 311 g/mol. The van der Waals surface area contributed by atoms with Crippen molar-refractivity contribution in [1.29, 1.82) is 0 Å². The molecule has 0 atom stereocenters. The molecule has 5 nitrogen and oxygen atoms in total. The number of halogens is 1. The Labute approximate surface area is 112 Å². The molecule has 0 unspecified atom stereocenters. The van der Waals surface area contributed by atoms with E-state index in [-0.39, 0.29) is 12.2 Å². The minimum Gasteiger partial charge on any atom is -0.485 e. The van der Waals surface area contributed by atoms with Gasteiger partial charge in [0.1, 0.15) is 17.9 Å². The zero-order chi connectivity index (χ0) is 13.1. The number of ether oxygens (including phenoxy) is 1. The molecule has 1 aromatic heterocycles. The van der Waals surface area contributed by atoms with Gasteiger partial charge in [-0.15, -0.1) is 0 Å². The van der Waals surface area contributed by atoms with Crippen LogP contribution in [-0.2, 0) is 13.7 Å². The molecule has 94 valence electrons. The number of nitrogens with zero attached hydrogens (tertiary/aromatic N) is 2. The van der Waals surface area contributed by atoms with Gasteiger partial charge in [0.25, 0.3) is 0 Å². The van der Waals surface area contributed by atoms with E-state index in [4.69, 9.17) is 9.84 Å². The summed E-state index contributed by atoms with van der Waals surface area (Å²) < 4.78 is 8.00. The third-order valence-corrected chi connectivity index (χ3v) is 3.10. The van der Waals surface area contributed by atoms with Gasteiger partial charge in [-0.1, -0.05) is 6.07 Å². The summed E-state index contributed by atoms with van der Waals surface area (Å²) >= 11 is 3.29. The molecule has 18 heavy (non-hydrogen) atoms. The van der Waals surface area contributed by atoms with Gasteiger partial charge < -0.3 is 14.4 Å². The zero-order valence-corrected chi connectivity index (χ0v) is 11.2. The smallest absolute Gasteiger partial charge is 0.339 e. The number of carboxylic acids is 1. The molecule has 0 bridgehead atoms. The normalized spacial score (nSPS) is 10.3. The van der Waals surface area contributed by atoms with Crippen LogP contribution < -0.4 is 4.74 Å². The SMILES string of the molecule is Cn1cncc1COc1c(Br)cccc1C(=O)O. The van der Waals surface area contributed by atoms with Crippen molar-refractivity contribution >= 4 is 21.9 Å². The molecule has 0 spiro atoms. The number of rotatable bonds is 4. The second-order valence-electron chi connectivity index (χ2n) is 3.71. The summed E-state index contributed by atoms with van der Waals surface area (Å²) in [6.07, 6.45) is 3.34. The Morgan fingerprint density at radius 3 is 2.94 bits per heavy atom. The fraction of sp³-hybridized carbons (Fsp3) is 0.167. The summed E-state index contributed by atoms with van der Waals surface area (Å²) in [5.41, 5.74) is 0.994. The Morgan fingerprint density at radius 2 is 2.33 bits per heavy atom. The molecule has 1 heterocycles. The van der Waals surface area contributed by atoms with E-state index in [2.05, 4.69) is 20.9 Å². The topological polar surface area (TPSA) is 64.4 Å². The molecule has 0 radical (unpaired) electrons. The Bertz CT molecular complexity index is 580. The summed E-state index contributed by atoms with van der Waals surface area (Å²) in [4.78, 5) is 15.1. The van der Waals surface area contributed by atoms with Crippen molar-refractivity contribution in [1.82, 2.24) is 9.55 Å². The Hall–Kier alpha value is -1.82. The molecular formula is C12H11BrN2O3. The highest BCUT2D eigenvalue weighted by molar-refractivity contribution is 9.10. The number of hydrogen-bond donors (Lipinski definition) is 1. The maximum Gasteiger partial charge on any atom is 0.339 e. The number of para-hydroxylation sites is 1. The molecule has 1 N–H and O–H groups in total. The van der Waals surface area contributed by atoms with Crippen molar-refractivity contribution in [3.05, 3.63) is 46.5 Å². The number of hydrogen-bond acceptors (Lipinski definition) is 3. The fourth-order valence-electron chi connectivity index (χ4n) is 1.49. The molecule has 6 heteroatoms. The lowest BCUT2D eigenvalue weighted by atomic mass is 10.2. The summed E-state index contributed by atoms with van der Waals surface area (Å²) in [5.74, 6) is -0.692. The van der Waals surface area contributed by atoms with E-state index >= 15 is 0 Å². The quantitative estimate of drug-likeness (QED) is 0.942. The minimum atomic E-state index is -1.02. The molecule has 2 rings (SSSR count). The summed E-state index contributed by atoms with van der Waals surface area (Å²) in [6.45, 7) is 0.263. The van der Waals surface area contributed by atoms with Crippen LogP contribution in [0.4, 0.5) is 0 Å². The first-order valence-corrected chi connectivity index (χ1v) is 5.98. The van der Waals surface area contributed by atoms with Crippen LogP contribution in [0, 0.1) is 0 Å². The number of benzene rings is 1. The zero-order valence-electron chi connectivity index (χ0n) is 9.63. The highest BCUT2D eigenvalue weighted by Gasteiger charge is 2.14. The van der Waals surface area contributed by atoms with Crippen molar-refractivity contribution in [3.63, 3.8) is 0 Å². The minimum absolute atomic E-state index is 0.131.